The molecule has 56 valence electrons. The van der Waals surface area contributed by atoms with Crippen LogP contribution < -0.4 is 0 Å². The van der Waals surface area contributed by atoms with Crippen LogP contribution in [-0.2, 0) is 9.53 Å². The van der Waals surface area contributed by atoms with Crippen LogP contribution in [0.15, 0.2) is 12.2 Å². The maximum atomic E-state index is 10.7. The monoisotopic (exact) mass is 142 g/mol. The molecule has 1 atom stereocenters. The number of cyclic esters (lactones) is 1. The van der Waals surface area contributed by atoms with E-state index in [2.05, 4.69) is 11.3 Å². The number of aliphatic hydroxyl groups excluding tert-OH is 1. The van der Waals surface area contributed by atoms with Crippen molar-refractivity contribution in [2.45, 2.75) is 6.42 Å². The highest BCUT2D eigenvalue weighted by Crippen LogP contribution is 2.21. The maximum absolute atomic E-state index is 10.7. The fourth-order valence-corrected chi connectivity index (χ4v) is 0.950. The molecule has 3 heteroatoms. The van der Waals surface area contributed by atoms with E-state index in [4.69, 9.17) is 5.11 Å². The van der Waals surface area contributed by atoms with E-state index < -0.39 is 0 Å². The lowest BCUT2D eigenvalue weighted by Gasteiger charge is -2.01. The van der Waals surface area contributed by atoms with Crippen molar-refractivity contribution < 1.29 is 14.6 Å². The normalized spacial score (nSPS) is 25.1. The van der Waals surface area contributed by atoms with E-state index in [1.165, 1.54) is 0 Å². The van der Waals surface area contributed by atoms with Crippen molar-refractivity contribution in [3.8, 4) is 0 Å². The van der Waals surface area contributed by atoms with Gasteiger partial charge in [-0.2, -0.15) is 0 Å². The summed E-state index contributed by atoms with van der Waals surface area (Å²) in [5.41, 5.74) is 0.494. The summed E-state index contributed by atoms with van der Waals surface area (Å²) in [5, 5.41) is 8.52. The van der Waals surface area contributed by atoms with Gasteiger partial charge in [0.15, 0.2) is 0 Å². The van der Waals surface area contributed by atoms with Crippen LogP contribution in [0.1, 0.15) is 6.42 Å². The summed E-state index contributed by atoms with van der Waals surface area (Å²) < 4.78 is 4.68. The lowest BCUT2D eigenvalue weighted by Crippen LogP contribution is -2.04. The predicted molar refractivity (Wildman–Crippen MR) is 35.3 cm³/mol. The van der Waals surface area contributed by atoms with Crippen molar-refractivity contribution in [3.05, 3.63) is 12.2 Å². The molecule has 0 unspecified atom stereocenters. The van der Waals surface area contributed by atoms with Gasteiger partial charge >= 0.3 is 5.97 Å². The fraction of sp³-hybridized carbons (Fsp3) is 0.571. The average Bonchev–Trinajstić information content (AvgIpc) is 2.20. The van der Waals surface area contributed by atoms with Crippen LogP contribution in [0.2, 0.25) is 0 Å². The van der Waals surface area contributed by atoms with Gasteiger partial charge in [0, 0.05) is 18.1 Å². The zero-order chi connectivity index (χ0) is 7.56. The van der Waals surface area contributed by atoms with Gasteiger partial charge in [-0.05, 0) is 6.42 Å². The molecule has 10 heavy (non-hydrogen) atoms. The maximum Gasteiger partial charge on any atom is 0.333 e. The number of rotatable bonds is 2. The van der Waals surface area contributed by atoms with Gasteiger partial charge < -0.3 is 9.84 Å². The second kappa shape index (κ2) is 2.84. The molecular weight excluding hydrogens is 132 g/mol. The molecule has 1 aliphatic heterocycles. The van der Waals surface area contributed by atoms with Crippen LogP contribution in [-0.4, -0.2) is 24.3 Å². The zero-order valence-electron chi connectivity index (χ0n) is 5.67. The molecule has 1 saturated heterocycles. The van der Waals surface area contributed by atoms with Crippen molar-refractivity contribution in [3.63, 3.8) is 0 Å². The van der Waals surface area contributed by atoms with E-state index in [9.17, 15) is 4.79 Å². The van der Waals surface area contributed by atoms with Crippen LogP contribution in [0.25, 0.3) is 0 Å². The second-order valence-corrected chi connectivity index (χ2v) is 2.33. The molecule has 0 radical (unpaired) electrons. The third-order valence-electron chi connectivity index (χ3n) is 1.65. The highest BCUT2D eigenvalue weighted by molar-refractivity contribution is 5.90. The predicted octanol–water partition coefficient (Wildman–Crippen LogP) is 0.0980. The third kappa shape index (κ3) is 1.19. The van der Waals surface area contributed by atoms with Gasteiger partial charge in [-0.1, -0.05) is 6.58 Å². The topological polar surface area (TPSA) is 46.5 Å². The molecule has 1 aliphatic rings. The van der Waals surface area contributed by atoms with Gasteiger partial charge in [0.25, 0.3) is 0 Å². The van der Waals surface area contributed by atoms with Gasteiger partial charge in [-0.25, -0.2) is 4.79 Å². The summed E-state index contributed by atoms with van der Waals surface area (Å²) in [4.78, 5) is 10.7. The largest absolute Gasteiger partial charge is 0.462 e. The molecule has 0 amide bonds. The summed E-state index contributed by atoms with van der Waals surface area (Å²) in [6.07, 6.45) is 0.574. The Morgan fingerprint density at radius 2 is 2.50 bits per heavy atom. The van der Waals surface area contributed by atoms with Gasteiger partial charge in [-0.3, -0.25) is 0 Å². The molecule has 0 aliphatic carbocycles. The van der Waals surface area contributed by atoms with Crippen molar-refractivity contribution in [1.82, 2.24) is 0 Å². The van der Waals surface area contributed by atoms with E-state index in [0.29, 0.717) is 18.6 Å². The number of hydrogen-bond acceptors (Lipinski definition) is 3. The fourth-order valence-electron chi connectivity index (χ4n) is 0.950. The van der Waals surface area contributed by atoms with E-state index in [1.54, 1.807) is 0 Å². The molecular formula is C7H10O3. The Bertz CT molecular complexity index is 162. The number of aliphatic hydroxyl groups is 1. The Morgan fingerprint density at radius 3 is 2.90 bits per heavy atom. The molecule has 1 rings (SSSR count). The summed E-state index contributed by atoms with van der Waals surface area (Å²) in [7, 11) is 0. The number of carbonyl (C=O) groups is 1. The van der Waals surface area contributed by atoms with E-state index in [-0.39, 0.29) is 18.5 Å². The lowest BCUT2D eigenvalue weighted by atomic mass is 10.0. The molecule has 0 aromatic carbocycles. The minimum Gasteiger partial charge on any atom is -0.462 e. The second-order valence-electron chi connectivity index (χ2n) is 2.33. The molecule has 1 heterocycles. The highest BCUT2D eigenvalue weighted by Gasteiger charge is 2.27. The first kappa shape index (κ1) is 7.28. The van der Waals surface area contributed by atoms with E-state index in [1.807, 2.05) is 0 Å². The summed E-state index contributed by atoms with van der Waals surface area (Å²) >= 11 is 0. The summed E-state index contributed by atoms with van der Waals surface area (Å²) in [6.45, 7) is 4.02. The molecule has 0 saturated carbocycles. The minimum atomic E-state index is -0.321. The summed E-state index contributed by atoms with van der Waals surface area (Å²) in [5.74, 6) is -0.282. The van der Waals surface area contributed by atoms with Gasteiger partial charge in [0.05, 0.1) is 6.61 Å². The lowest BCUT2D eigenvalue weighted by molar-refractivity contribution is -0.135. The summed E-state index contributed by atoms with van der Waals surface area (Å²) in [6, 6.07) is 0. The smallest absolute Gasteiger partial charge is 0.333 e. The molecule has 3 nitrogen and oxygen atoms in total. The van der Waals surface area contributed by atoms with Gasteiger partial charge in [0.2, 0.25) is 0 Å². The van der Waals surface area contributed by atoms with Crippen LogP contribution in [0.3, 0.4) is 0 Å². The minimum absolute atomic E-state index is 0.0394. The molecule has 1 fully saturated rings. The van der Waals surface area contributed by atoms with Crippen molar-refractivity contribution in [1.29, 1.82) is 0 Å². The van der Waals surface area contributed by atoms with Crippen molar-refractivity contribution in [2.24, 2.45) is 5.92 Å². The average molecular weight is 142 g/mol. The number of esters is 1. The van der Waals surface area contributed by atoms with Crippen LogP contribution in [0.4, 0.5) is 0 Å². The first-order chi connectivity index (χ1) is 4.75. The van der Waals surface area contributed by atoms with E-state index >= 15 is 0 Å². The Kier molecular flexibility index (Phi) is 2.06. The first-order valence-corrected chi connectivity index (χ1v) is 3.22. The molecule has 0 aromatic heterocycles. The Labute approximate surface area is 59.3 Å². The van der Waals surface area contributed by atoms with Crippen molar-refractivity contribution >= 4 is 5.97 Å². The number of ether oxygens (including phenoxy) is 1. The van der Waals surface area contributed by atoms with Crippen LogP contribution >= 0.6 is 0 Å². The van der Waals surface area contributed by atoms with Gasteiger partial charge in [0.1, 0.15) is 0 Å². The first-order valence-electron chi connectivity index (χ1n) is 3.22. The quantitative estimate of drug-likeness (QED) is 0.439. The van der Waals surface area contributed by atoms with E-state index in [0.717, 1.165) is 0 Å². The molecule has 1 N–H and O–H groups in total. The number of carbonyl (C=O) groups excluding carboxylic acids is 1. The highest BCUT2D eigenvalue weighted by atomic mass is 16.5. The molecule has 0 aromatic rings. The SMILES string of the molecule is C=C1C(=O)OC[C@@H]1CCO. The number of hydrogen-bond donors (Lipinski definition) is 1. The Balaban J connectivity index is 2.49. The Morgan fingerprint density at radius 1 is 1.80 bits per heavy atom. The Hall–Kier alpha value is -0.830. The molecule has 0 bridgehead atoms. The molecule has 0 spiro atoms. The van der Waals surface area contributed by atoms with Gasteiger partial charge in [-0.15, -0.1) is 0 Å². The standard InChI is InChI=1S/C7H10O3/c1-5-6(2-3-8)4-10-7(5)9/h6,8H,1-4H2/t6-/m0/s1. The van der Waals surface area contributed by atoms with Crippen molar-refractivity contribution in [2.75, 3.05) is 13.2 Å². The van der Waals surface area contributed by atoms with Crippen LogP contribution in [0.5, 0.6) is 0 Å². The third-order valence-corrected chi connectivity index (χ3v) is 1.65. The zero-order valence-corrected chi connectivity index (χ0v) is 5.67. The van der Waals surface area contributed by atoms with Crippen LogP contribution in [0, 0.1) is 5.92 Å².